The number of benzene rings is 2. The molecule has 0 saturated heterocycles. The Hall–Kier alpha value is -2.77. The molecule has 2 aromatic rings. The number of rotatable bonds is 5. The minimum Gasteiger partial charge on any atom is -0.493 e. The molecule has 8 heteroatoms. The molecule has 1 aliphatic rings. The Morgan fingerprint density at radius 3 is 2.52 bits per heavy atom. The topological polar surface area (TPSA) is 91.1 Å². The van der Waals surface area contributed by atoms with Gasteiger partial charge in [0.1, 0.15) is 12.2 Å². The van der Waals surface area contributed by atoms with Crippen molar-refractivity contribution in [1.82, 2.24) is 0 Å². The molecule has 1 heterocycles. The van der Waals surface area contributed by atoms with Gasteiger partial charge in [0.25, 0.3) is 5.91 Å². The van der Waals surface area contributed by atoms with Crippen LogP contribution in [-0.2, 0) is 14.3 Å². The van der Waals surface area contributed by atoms with E-state index in [9.17, 15) is 9.59 Å². The number of nitrogens with zero attached hydrogens (tertiary/aromatic N) is 1. The summed E-state index contributed by atoms with van der Waals surface area (Å²) in [5.41, 5.74) is 7.05. The van der Waals surface area contributed by atoms with E-state index in [0.717, 1.165) is 4.42 Å². The molecule has 2 aromatic carbocycles. The van der Waals surface area contributed by atoms with E-state index in [-0.39, 0.29) is 6.42 Å². The summed E-state index contributed by atoms with van der Waals surface area (Å²) in [7, 11) is 3.05. The minimum atomic E-state index is -1.13. The number of para-hydroxylation sites is 2. The number of hydrogen-bond donors (Lipinski definition) is 1. The van der Waals surface area contributed by atoms with Gasteiger partial charge in [-0.1, -0.05) is 30.3 Å². The highest BCUT2D eigenvalue weighted by atomic mass is 35.5. The second kappa shape index (κ2) is 7.85. The van der Waals surface area contributed by atoms with Crippen molar-refractivity contribution in [2.75, 3.05) is 18.6 Å². The van der Waals surface area contributed by atoms with Crippen molar-refractivity contribution >= 4 is 29.3 Å². The normalized spacial score (nSPS) is 19.2. The lowest BCUT2D eigenvalue weighted by Gasteiger charge is -2.23. The second-order valence-electron chi connectivity index (χ2n) is 5.94. The molecule has 27 heavy (non-hydrogen) atoms. The summed E-state index contributed by atoms with van der Waals surface area (Å²) < 4.78 is 17.9. The molecule has 0 fully saturated rings. The Morgan fingerprint density at radius 2 is 1.85 bits per heavy atom. The van der Waals surface area contributed by atoms with E-state index in [0.29, 0.717) is 28.3 Å². The van der Waals surface area contributed by atoms with Crippen molar-refractivity contribution in [2.24, 2.45) is 5.73 Å². The quantitative estimate of drug-likeness (QED) is 0.792. The molecule has 142 valence electrons. The Labute approximate surface area is 161 Å². The first kappa shape index (κ1) is 19.0. The predicted octanol–water partition coefficient (Wildman–Crippen LogP) is 2.55. The zero-order valence-electron chi connectivity index (χ0n) is 14.8. The lowest BCUT2D eigenvalue weighted by Crippen LogP contribution is -2.36. The van der Waals surface area contributed by atoms with Crippen LogP contribution in [0.4, 0.5) is 5.69 Å². The van der Waals surface area contributed by atoms with Gasteiger partial charge in [-0.3, -0.25) is 9.59 Å². The molecule has 3 rings (SSSR count). The van der Waals surface area contributed by atoms with Crippen LogP contribution in [0, 0.1) is 0 Å². The molecule has 0 aliphatic carbocycles. The highest BCUT2D eigenvalue weighted by Gasteiger charge is 2.38. The van der Waals surface area contributed by atoms with Gasteiger partial charge in [0.2, 0.25) is 5.91 Å². The Kier molecular flexibility index (Phi) is 5.53. The molecule has 2 N–H and O–H groups in total. The fourth-order valence-electron chi connectivity index (χ4n) is 3.11. The molecule has 0 radical (unpaired) electrons. The Balaban J connectivity index is 2.19. The van der Waals surface area contributed by atoms with Gasteiger partial charge in [-0.15, -0.1) is 0 Å². The average Bonchev–Trinajstić information content (AvgIpc) is 2.77. The largest absolute Gasteiger partial charge is 0.493 e. The van der Waals surface area contributed by atoms with Crippen LogP contribution in [0.3, 0.4) is 0 Å². The highest BCUT2D eigenvalue weighted by molar-refractivity contribution is 6.37. The van der Waals surface area contributed by atoms with E-state index >= 15 is 0 Å². The zero-order valence-corrected chi connectivity index (χ0v) is 15.6. The minimum absolute atomic E-state index is 0.293. The lowest BCUT2D eigenvalue weighted by atomic mass is 9.98. The van der Waals surface area contributed by atoms with E-state index in [4.69, 9.17) is 31.7 Å². The van der Waals surface area contributed by atoms with E-state index in [2.05, 4.69) is 0 Å². The molecule has 0 spiro atoms. The van der Waals surface area contributed by atoms with Crippen molar-refractivity contribution in [2.45, 2.75) is 18.6 Å². The van der Waals surface area contributed by atoms with Crippen LogP contribution in [0.2, 0.25) is 0 Å². The number of ether oxygens (including phenoxy) is 3. The van der Waals surface area contributed by atoms with Gasteiger partial charge in [0.05, 0.1) is 26.3 Å². The number of carbonyl (C=O) groups excluding carboxylic acids is 2. The molecular weight excluding hydrogens is 372 g/mol. The van der Waals surface area contributed by atoms with Crippen LogP contribution in [0.1, 0.15) is 23.7 Å². The summed E-state index contributed by atoms with van der Waals surface area (Å²) >= 11 is 6.26. The number of fused-ring (bicyclic) bond motifs is 1. The first-order chi connectivity index (χ1) is 13.0. The van der Waals surface area contributed by atoms with Gasteiger partial charge >= 0.3 is 0 Å². The number of amides is 2. The number of carbonyl (C=O) groups is 2. The van der Waals surface area contributed by atoms with Crippen LogP contribution >= 0.6 is 11.8 Å². The van der Waals surface area contributed by atoms with Gasteiger partial charge < -0.3 is 19.9 Å². The summed E-state index contributed by atoms with van der Waals surface area (Å²) in [4.78, 5) is 24.2. The lowest BCUT2D eigenvalue weighted by molar-refractivity contribution is -0.136. The third-order valence-corrected chi connectivity index (χ3v) is 4.65. The van der Waals surface area contributed by atoms with E-state index in [1.54, 1.807) is 36.4 Å². The van der Waals surface area contributed by atoms with Gasteiger partial charge in [-0.05, 0) is 12.1 Å². The molecule has 0 saturated carbocycles. The van der Waals surface area contributed by atoms with Crippen molar-refractivity contribution in [1.29, 1.82) is 0 Å². The van der Waals surface area contributed by atoms with Crippen molar-refractivity contribution in [3.05, 3.63) is 53.6 Å². The zero-order chi connectivity index (χ0) is 19.6. The molecule has 1 aliphatic heterocycles. The fraction of sp³-hybridized carbons (Fsp3) is 0.263. The van der Waals surface area contributed by atoms with Crippen molar-refractivity contribution in [3.8, 4) is 11.5 Å². The van der Waals surface area contributed by atoms with Gasteiger partial charge in [0.15, 0.2) is 11.5 Å². The van der Waals surface area contributed by atoms with Crippen LogP contribution < -0.4 is 19.6 Å². The van der Waals surface area contributed by atoms with Crippen LogP contribution in [0.5, 0.6) is 11.5 Å². The third kappa shape index (κ3) is 3.56. The number of methoxy groups -OCH3 is 2. The second-order valence-corrected chi connectivity index (χ2v) is 6.27. The smallest absolute Gasteiger partial charge is 0.271 e. The molecule has 2 amide bonds. The molecule has 7 nitrogen and oxygen atoms in total. The maximum absolute atomic E-state index is 12.7. The summed E-state index contributed by atoms with van der Waals surface area (Å²) in [5.74, 6) is -0.248. The van der Waals surface area contributed by atoms with Gasteiger partial charge in [-0.25, -0.2) is 4.42 Å². The van der Waals surface area contributed by atoms with E-state index in [1.807, 2.05) is 6.07 Å². The maximum Gasteiger partial charge on any atom is 0.271 e. The first-order valence-electron chi connectivity index (χ1n) is 8.21. The number of hydrogen-bond acceptors (Lipinski definition) is 5. The Bertz CT molecular complexity index is 873. The molecule has 0 aromatic heterocycles. The monoisotopic (exact) mass is 390 g/mol. The average molecular weight is 391 g/mol. The fourth-order valence-corrected chi connectivity index (χ4v) is 3.37. The molecular formula is C19H19ClN2O5. The van der Waals surface area contributed by atoms with Gasteiger partial charge in [-0.2, -0.15) is 0 Å². The molecule has 0 bridgehead atoms. The van der Waals surface area contributed by atoms with E-state index in [1.165, 1.54) is 14.2 Å². The first-order valence-corrected chi connectivity index (χ1v) is 8.55. The predicted molar refractivity (Wildman–Crippen MR) is 99.9 cm³/mol. The highest BCUT2D eigenvalue weighted by Crippen LogP contribution is 2.44. The standard InChI is InChI=1S/C19H19ClN2O5/c1-25-14-9-5-7-12(18(14)26-2)17-11-6-3-4-8-13(11)22(20)19(24)15(27-17)10-16(21)23/h3-9,15,17H,10H2,1-2H3,(H2,21,23). The van der Waals surface area contributed by atoms with Crippen LogP contribution in [0.25, 0.3) is 0 Å². The summed E-state index contributed by atoms with van der Waals surface area (Å²) in [6.45, 7) is 0. The van der Waals surface area contributed by atoms with Crippen molar-refractivity contribution in [3.63, 3.8) is 0 Å². The number of primary amides is 1. The summed E-state index contributed by atoms with van der Waals surface area (Å²) in [6.07, 6.45) is -2.14. The third-order valence-electron chi connectivity index (χ3n) is 4.30. The van der Waals surface area contributed by atoms with Crippen LogP contribution in [-0.4, -0.2) is 32.1 Å². The number of nitrogens with two attached hydrogens (primary N) is 1. The summed E-state index contributed by atoms with van der Waals surface area (Å²) in [6, 6.07) is 12.4. The SMILES string of the molecule is COc1cccc(C2OC(CC(N)=O)C(=O)N(Cl)c3ccccc32)c1OC. The van der Waals surface area contributed by atoms with Crippen molar-refractivity contribution < 1.29 is 23.8 Å². The van der Waals surface area contributed by atoms with E-state index < -0.39 is 24.0 Å². The van der Waals surface area contributed by atoms with Gasteiger partial charge in [0, 0.05) is 22.9 Å². The molecule has 2 atom stereocenters. The maximum atomic E-state index is 12.7. The molecule has 2 unspecified atom stereocenters. The van der Waals surface area contributed by atoms with Crippen LogP contribution in [0.15, 0.2) is 42.5 Å². The number of anilines is 1. The number of halogens is 1. The Morgan fingerprint density at radius 1 is 1.15 bits per heavy atom. The summed E-state index contributed by atoms with van der Waals surface area (Å²) in [5, 5.41) is 0.